The molecule has 1 aromatic heterocycles. The van der Waals surface area contributed by atoms with E-state index in [2.05, 4.69) is 0 Å². The molecule has 2 aromatic rings. The molecular weight excluding hydrogens is 200 g/mol. The Morgan fingerprint density at radius 1 is 1.43 bits per heavy atom. The fourth-order valence-corrected chi connectivity index (χ4v) is 1.60. The molecule has 72 valence electrons. The maximum Gasteiger partial charge on any atom is 0.194 e. The first kappa shape index (κ1) is 9.28. The van der Waals surface area contributed by atoms with Crippen molar-refractivity contribution in [2.45, 2.75) is 13.8 Å². The minimum atomic E-state index is -0.0864. The summed E-state index contributed by atoms with van der Waals surface area (Å²) in [7, 11) is 0. The molecule has 0 saturated heterocycles. The van der Waals surface area contributed by atoms with Gasteiger partial charge >= 0.3 is 0 Å². The smallest absolute Gasteiger partial charge is 0.194 e. The predicted octanol–water partition coefficient (Wildman–Crippen LogP) is 3.60. The Labute approximate surface area is 86.5 Å². The van der Waals surface area contributed by atoms with Crippen LogP contribution in [0, 0.1) is 6.92 Å². The predicted molar refractivity (Wildman–Crippen MR) is 56.0 cm³/mol. The van der Waals surface area contributed by atoms with Crippen molar-refractivity contribution < 1.29 is 9.21 Å². The zero-order valence-corrected chi connectivity index (χ0v) is 8.68. The van der Waals surface area contributed by atoms with E-state index in [1.54, 1.807) is 12.1 Å². The SMILES string of the molecule is CC(=O)c1cc2c(C)ccc(Cl)c2o1. The monoisotopic (exact) mass is 208 g/mol. The number of carbonyl (C=O) groups is 1. The molecule has 2 nitrogen and oxygen atoms in total. The molecule has 0 saturated carbocycles. The summed E-state index contributed by atoms with van der Waals surface area (Å²) in [6.45, 7) is 3.43. The number of hydrogen-bond donors (Lipinski definition) is 0. The molecule has 1 heterocycles. The number of fused-ring (bicyclic) bond motifs is 1. The number of carbonyl (C=O) groups excluding carboxylic acids is 1. The van der Waals surface area contributed by atoms with Crippen LogP contribution in [0.25, 0.3) is 11.0 Å². The van der Waals surface area contributed by atoms with Crippen LogP contribution in [0.1, 0.15) is 23.0 Å². The van der Waals surface area contributed by atoms with Crippen LogP contribution in [0.3, 0.4) is 0 Å². The van der Waals surface area contributed by atoms with E-state index in [4.69, 9.17) is 16.0 Å². The van der Waals surface area contributed by atoms with Crippen molar-refractivity contribution in [1.29, 1.82) is 0 Å². The van der Waals surface area contributed by atoms with Crippen LogP contribution in [0.2, 0.25) is 5.02 Å². The van der Waals surface area contributed by atoms with Gasteiger partial charge in [-0.05, 0) is 24.6 Å². The van der Waals surface area contributed by atoms with Gasteiger partial charge in [0.1, 0.15) is 0 Å². The summed E-state index contributed by atoms with van der Waals surface area (Å²) in [5.41, 5.74) is 1.65. The molecular formula is C11H9ClO2. The van der Waals surface area contributed by atoms with Crippen LogP contribution in [-0.2, 0) is 0 Å². The van der Waals surface area contributed by atoms with Crippen molar-refractivity contribution in [3.63, 3.8) is 0 Å². The molecule has 0 fully saturated rings. The standard InChI is InChI=1S/C11H9ClO2/c1-6-3-4-9(12)11-8(6)5-10(14-11)7(2)13/h3-5H,1-2H3. The quantitative estimate of drug-likeness (QED) is 0.671. The van der Waals surface area contributed by atoms with Crippen molar-refractivity contribution in [3.05, 3.63) is 34.5 Å². The van der Waals surface area contributed by atoms with Crippen molar-refractivity contribution in [1.82, 2.24) is 0 Å². The molecule has 0 amide bonds. The molecule has 0 bridgehead atoms. The number of ketones is 1. The molecule has 3 heteroatoms. The maximum atomic E-state index is 11.1. The van der Waals surface area contributed by atoms with Crippen molar-refractivity contribution in [2.24, 2.45) is 0 Å². The van der Waals surface area contributed by atoms with Gasteiger partial charge in [-0.25, -0.2) is 0 Å². The number of halogens is 1. The average Bonchev–Trinajstić information content (AvgIpc) is 2.57. The number of Topliss-reactive ketones (excluding diaryl/α,β-unsaturated/α-hetero) is 1. The second-order valence-electron chi connectivity index (χ2n) is 3.27. The highest BCUT2D eigenvalue weighted by atomic mass is 35.5. The first-order valence-corrected chi connectivity index (χ1v) is 4.67. The van der Waals surface area contributed by atoms with Gasteiger partial charge in [-0.3, -0.25) is 4.79 Å². The van der Waals surface area contributed by atoms with Gasteiger partial charge < -0.3 is 4.42 Å². The van der Waals surface area contributed by atoms with Gasteiger partial charge in [-0.15, -0.1) is 0 Å². The van der Waals surface area contributed by atoms with Crippen LogP contribution < -0.4 is 0 Å². The van der Waals surface area contributed by atoms with E-state index in [9.17, 15) is 4.79 Å². The lowest BCUT2D eigenvalue weighted by atomic mass is 10.1. The third-order valence-corrected chi connectivity index (χ3v) is 2.50. The number of rotatable bonds is 1. The van der Waals surface area contributed by atoms with E-state index in [-0.39, 0.29) is 5.78 Å². The molecule has 0 aliphatic carbocycles. The average molecular weight is 209 g/mol. The van der Waals surface area contributed by atoms with Crippen molar-refractivity contribution in [2.75, 3.05) is 0 Å². The zero-order valence-electron chi connectivity index (χ0n) is 7.93. The lowest BCUT2D eigenvalue weighted by Gasteiger charge is -1.94. The Kier molecular flexibility index (Phi) is 2.08. The van der Waals surface area contributed by atoms with E-state index in [0.29, 0.717) is 16.4 Å². The van der Waals surface area contributed by atoms with Crippen molar-refractivity contribution in [3.8, 4) is 0 Å². The normalized spacial score (nSPS) is 10.8. The zero-order chi connectivity index (χ0) is 10.3. The van der Waals surface area contributed by atoms with E-state index in [0.717, 1.165) is 10.9 Å². The maximum absolute atomic E-state index is 11.1. The van der Waals surface area contributed by atoms with Gasteiger partial charge in [0.05, 0.1) is 5.02 Å². The molecule has 0 unspecified atom stereocenters. The molecule has 0 aliphatic heterocycles. The highest BCUT2D eigenvalue weighted by molar-refractivity contribution is 6.35. The third kappa shape index (κ3) is 1.32. The Hall–Kier alpha value is -1.28. The summed E-state index contributed by atoms with van der Waals surface area (Å²) in [5, 5.41) is 1.45. The van der Waals surface area contributed by atoms with Gasteiger partial charge in [0, 0.05) is 12.3 Å². The number of furan rings is 1. The second kappa shape index (κ2) is 3.14. The lowest BCUT2D eigenvalue weighted by Crippen LogP contribution is -1.85. The molecule has 0 aliphatic rings. The second-order valence-corrected chi connectivity index (χ2v) is 3.68. The van der Waals surface area contributed by atoms with Gasteiger partial charge in [0.15, 0.2) is 17.1 Å². The van der Waals surface area contributed by atoms with Crippen LogP contribution in [-0.4, -0.2) is 5.78 Å². The topological polar surface area (TPSA) is 30.2 Å². The number of benzene rings is 1. The van der Waals surface area contributed by atoms with Gasteiger partial charge in [-0.2, -0.15) is 0 Å². The Morgan fingerprint density at radius 3 is 2.71 bits per heavy atom. The van der Waals surface area contributed by atoms with Crippen LogP contribution in [0.5, 0.6) is 0 Å². The van der Waals surface area contributed by atoms with Crippen LogP contribution in [0.4, 0.5) is 0 Å². The minimum absolute atomic E-state index is 0.0864. The number of hydrogen-bond acceptors (Lipinski definition) is 2. The molecule has 14 heavy (non-hydrogen) atoms. The molecule has 2 rings (SSSR count). The van der Waals surface area contributed by atoms with E-state index >= 15 is 0 Å². The molecule has 0 atom stereocenters. The molecule has 0 N–H and O–H groups in total. The summed E-state index contributed by atoms with van der Waals surface area (Å²) < 4.78 is 5.36. The Bertz CT molecular complexity index is 472. The fraction of sp³-hybridized carbons (Fsp3) is 0.182. The molecule has 0 radical (unpaired) electrons. The van der Waals surface area contributed by atoms with E-state index in [1.807, 2.05) is 13.0 Å². The van der Waals surface area contributed by atoms with Gasteiger partial charge in [-0.1, -0.05) is 17.7 Å². The van der Waals surface area contributed by atoms with Crippen molar-refractivity contribution >= 4 is 28.4 Å². The lowest BCUT2D eigenvalue weighted by molar-refractivity contribution is 0.0989. The molecule has 0 spiro atoms. The van der Waals surface area contributed by atoms with Gasteiger partial charge in [0.25, 0.3) is 0 Å². The third-order valence-electron chi connectivity index (χ3n) is 2.20. The minimum Gasteiger partial charge on any atom is -0.451 e. The highest BCUT2D eigenvalue weighted by Crippen LogP contribution is 2.29. The summed E-state index contributed by atoms with van der Waals surface area (Å²) in [4.78, 5) is 11.1. The first-order chi connectivity index (χ1) is 6.59. The van der Waals surface area contributed by atoms with E-state index in [1.165, 1.54) is 6.92 Å². The van der Waals surface area contributed by atoms with Gasteiger partial charge in [0.2, 0.25) is 0 Å². The fourth-order valence-electron chi connectivity index (χ4n) is 1.40. The highest BCUT2D eigenvalue weighted by Gasteiger charge is 2.11. The first-order valence-electron chi connectivity index (χ1n) is 4.29. The molecule has 1 aromatic carbocycles. The summed E-state index contributed by atoms with van der Waals surface area (Å²) >= 11 is 5.94. The number of aryl methyl sites for hydroxylation is 1. The summed E-state index contributed by atoms with van der Waals surface area (Å²) in [6.07, 6.45) is 0. The Balaban J connectivity index is 2.82. The van der Waals surface area contributed by atoms with Crippen LogP contribution >= 0.6 is 11.6 Å². The largest absolute Gasteiger partial charge is 0.451 e. The summed E-state index contributed by atoms with van der Waals surface area (Å²) in [5.74, 6) is 0.271. The van der Waals surface area contributed by atoms with Crippen LogP contribution in [0.15, 0.2) is 22.6 Å². The summed E-state index contributed by atoms with van der Waals surface area (Å²) in [6, 6.07) is 5.41. The van der Waals surface area contributed by atoms with E-state index < -0.39 is 0 Å². The Morgan fingerprint density at radius 2 is 2.14 bits per heavy atom.